The van der Waals surface area contributed by atoms with E-state index in [1.165, 1.54) is 23.1 Å². The molecule has 0 unspecified atom stereocenters. The minimum Gasteiger partial charge on any atom is -0.406 e. The molecule has 0 aliphatic carbocycles. The number of nitrogens with zero attached hydrogens (tertiary/aromatic N) is 1. The largest absolute Gasteiger partial charge is 0.573 e. The SMILES string of the molecule is O=C1CCCN1c1cccc(OC(F)(F)F)c1. The Labute approximate surface area is 95.8 Å². The van der Waals surface area contributed by atoms with Gasteiger partial charge in [-0.25, -0.2) is 0 Å². The summed E-state index contributed by atoms with van der Waals surface area (Å²) in [6, 6.07) is 5.45. The highest BCUT2D eigenvalue weighted by Gasteiger charge is 2.31. The fourth-order valence-electron chi connectivity index (χ4n) is 1.77. The zero-order valence-corrected chi connectivity index (χ0v) is 8.83. The van der Waals surface area contributed by atoms with Crippen molar-refractivity contribution in [3.05, 3.63) is 24.3 Å². The summed E-state index contributed by atoms with van der Waals surface area (Å²) < 4.78 is 39.9. The molecular formula is C11H10F3NO2. The minimum atomic E-state index is -4.71. The molecule has 0 bridgehead atoms. The molecule has 0 aromatic heterocycles. The molecule has 1 fully saturated rings. The molecule has 92 valence electrons. The minimum absolute atomic E-state index is 0.0749. The topological polar surface area (TPSA) is 29.5 Å². The highest BCUT2D eigenvalue weighted by molar-refractivity contribution is 5.95. The average molecular weight is 245 g/mol. The second kappa shape index (κ2) is 4.27. The lowest BCUT2D eigenvalue weighted by Crippen LogP contribution is -2.24. The Balaban J connectivity index is 2.19. The highest BCUT2D eigenvalue weighted by atomic mass is 19.4. The lowest BCUT2D eigenvalue weighted by atomic mass is 10.3. The van der Waals surface area contributed by atoms with Crippen LogP contribution in [0.1, 0.15) is 12.8 Å². The van der Waals surface area contributed by atoms with E-state index in [1.54, 1.807) is 6.07 Å². The molecule has 0 saturated carbocycles. The van der Waals surface area contributed by atoms with Crippen molar-refractivity contribution in [1.29, 1.82) is 0 Å². The van der Waals surface area contributed by atoms with Crippen LogP contribution in [0.25, 0.3) is 0 Å². The van der Waals surface area contributed by atoms with E-state index >= 15 is 0 Å². The van der Waals surface area contributed by atoms with Crippen LogP contribution in [-0.2, 0) is 4.79 Å². The summed E-state index contributed by atoms with van der Waals surface area (Å²) in [5, 5.41) is 0. The van der Waals surface area contributed by atoms with Crippen LogP contribution in [0, 0.1) is 0 Å². The standard InChI is InChI=1S/C11H10F3NO2/c12-11(13,14)17-9-4-1-3-8(7-9)15-6-2-5-10(15)16/h1,3-4,7H,2,5-6H2. The van der Waals surface area contributed by atoms with Gasteiger partial charge in [0.25, 0.3) is 0 Å². The van der Waals surface area contributed by atoms with Gasteiger partial charge in [0, 0.05) is 24.7 Å². The van der Waals surface area contributed by atoms with Crippen molar-refractivity contribution in [2.24, 2.45) is 0 Å². The molecule has 0 atom stereocenters. The van der Waals surface area contributed by atoms with E-state index in [0.717, 1.165) is 6.42 Å². The number of benzene rings is 1. The lowest BCUT2D eigenvalue weighted by molar-refractivity contribution is -0.274. The van der Waals surface area contributed by atoms with Gasteiger partial charge in [-0.3, -0.25) is 4.79 Å². The summed E-state index contributed by atoms with van der Waals surface area (Å²) in [5.74, 6) is -0.385. The first-order valence-corrected chi connectivity index (χ1v) is 5.12. The zero-order chi connectivity index (χ0) is 12.5. The summed E-state index contributed by atoms with van der Waals surface area (Å²) in [4.78, 5) is 12.9. The molecule has 1 aliphatic rings. The van der Waals surface area contributed by atoms with Crippen molar-refractivity contribution in [2.75, 3.05) is 11.4 Å². The first-order chi connectivity index (χ1) is 7.96. The van der Waals surface area contributed by atoms with Crippen molar-refractivity contribution in [3.63, 3.8) is 0 Å². The van der Waals surface area contributed by atoms with E-state index in [4.69, 9.17) is 0 Å². The number of carbonyl (C=O) groups excluding carboxylic acids is 1. The van der Waals surface area contributed by atoms with Crippen LogP contribution in [0.4, 0.5) is 18.9 Å². The molecule has 3 nitrogen and oxygen atoms in total. The predicted octanol–water partition coefficient (Wildman–Crippen LogP) is 2.71. The monoisotopic (exact) mass is 245 g/mol. The Hall–Kier alpha value is -1.72. The molecule has 0 spiro atoms. The molecule has 17 heavy (non-hydrogen) atoms. The second-order valence-electron chi connectivity index (χ2n) is 3.69. The van der Waals surface area contributed by atoms with Crippen LogP contribution in [0.3, 0.4) is 0 Å². The van der Waals surface area contributed by atoms with Gasteiger partial charge in [-0.1, -0.05) is 6.07 Å². The smallest absolute Gasteiger partial charge is 0.406 e. The van der Waals surface area contributed by atoms with Gasteiger partial charge in [-0.2, -0.15) is 0 Å². The van der Waals surface area contributed by atoms with Gasteiger partial charge in [-0.15, -0.1) is 13.2 Å². The van der Waals surface area contributed by atoms with E-state index < -0.39 is 6.36 Å². The Morgan fingerprint density at radius 1 is 1.29 bits per heavy atom. The maximum atomic E-state index is 12.0. The molecule has 2 rings (SSSR count). The molecule has 0 N–H and O–H groups in total. The van der Waals surface area contributed by atoms with Crippen LogP contribution in [0.5, 0.6) is 5.75 Å². The molecule has 1 heterocycles. The number of ether oxygens (including phenoxy) is 1. The average Bonchev–Trinajstić information content (AvgIpc) is 2.62. The van der Waals surface area contributed by atoms with Gasteiger partial charge in [-0.05, 0) is 18.6 Å². The highest BCUT2D eigenvalue weighted by Crippen LogP contribution is 2.28. The molecular weight excluding hydrogens is 235 g/mol. The number of amides is 1. The van der Waals surface area contributed by atoms with E-state index in [-0.39, 0.29) is 11.7 Å². The van der Waals surface area contributed by atoms with Gasteiger partial charge in [0.2, 0.25) is 5.91 Å². The lowest BCUT2D eigenvalue weighted by Gasteiger charge is -2.17. The molecule has 0 radical (unpaired) electrons. The Bertz CT molecular complexity index is 431. The van der Waals surface area contributed by atoms with E-state index in [1.807, 2.05) is 0 Å². The van der Waals surface area contributed by atoms with E-state index in [0.29, 0.717) is 18.7 Å². The first-order valence-electron chi connectivity index (χ1n) is 5.12. The number of rotatable bonds is 2. The zero-order valence-electron chi connectivity index (χ0n) is 8.83. The summed E-state index contributed by atoms with van der Waals surface area (Å²) in [6.07, 6.45) is -3.55. The van der Waals surface area contributed by atoms with Gasteiger partial charge in [0.15, 0.2) is 0 Å². The Kier molecular flexibility index (Phi) is 2.95. The Morgan fingerprint density at radius 3 is 2.65 bits per heavy atom. The van der Waals surface area contributed by atoms with Gasteiger partial charge in [0.05, 0.1) is 0 Å². The number of carbonyl (C=O) groups is 1. The molecule has 1 aliphatic heterocycles. The molecule has 1 aromatic carbocycles. The molecule has 6 heteroatoms. The number of halogens is 3. The quantitative estimate of drug-likeness (QED) is 0.801. The number of anilines is 1. The first kappa shape index (κ1) is 11.8. The molecule has 1 amide bonds. The van der Waals surface area contributed by atoms with Crippen molar-refractivity contribution < 1.29 is 22.7 Å². The summed E-state index contributed by atoms with van der Waals surface area (Å²) >= 11 is 0. The van der Waals surface area contributed by atoms with Gasteiger partial charge >= 0.3 is 6.36 Å². The fourth-order valence-corrected chi connectivity index (χ4v) is 1.77. The normalized spacial score (nSPS) is 16.4. The maximum absolute atomic E-state index is 12.0. The molecule has 1 aromatic rings. The summed E-state index contributed by atoms with van der Waals surface area (Å²) in [5.41, 5.74) is 0.439. The van der Waals surface area contributed by atoms with Crippen molar-refractivity contribution in [3.8, 4) is 5.75 Å². The predicted molar refractivity (Wildman–Crippen MR) is 54.7 cm³/mol. The van der Waals surface area contributed by atoms with E-state index in [2.05, 4.69) is 4.74 Å². The molecule has 1 saturated heterocycles. The van der Waals surface area contributed by atoms with Crippen LogP contribution in [-0.4, -0.2) is 18.8 Å². The number of hydrogen-bond acceptors (Lipinski definition) is 2. The summed E-state index contributed by atoms with van der Waals surface area (Å²) in [7, 11) is 0. The van der Waals surface area contributed by atoms with Crippen LogP contribution >= 0.6 is 0 Å². The van der Waals surface area contributed by atoms with Crippen LogP contribution in [0.2, 0.25) is 0 Å². The van der Waals surface area contributed by atoms with Crippen molar-refractivity contribution >= 4 is 11.6 Å². The fraction of sp³-hybridized carbons (Fsp3) is 0.364. The van der Waals surface area contributed by atoms with Crippen LogP contribution < -0.4 is 9.64 Å². The van der Waals surface area contributed by atoms with Crippen LogP contribution in [0.15, 0.2) is 24.3 Å². The third kappa shape index (κ3) is 2.89. The number of alkyl halides is 3. The third-order valence-corrected chi connectivity index (χ3v) is 2.44. The Morgan fingerprint density at radius 2 is 2.06 bits per heavy atom. The van der Waals surface area contributed by atoms with E-state index in [9.17, 15) is 18.0 Å². The number of hydrogen-bond donors (Lipinski definition) is 0. The van der Waals surface area contributed by atoms with Crippen molar-refractivity contribution in [1.82, 2.24) is 0 Å². The summed E-state index contributed by atoms with van der Waals surface area (Å²) in [6.45, 7) is 0.536. The van der Waals surface area contributed by atoms with Gasteiger partial charge < -0.3 is 9.64 Å². The maximum Gasteiger partial charge on any atom is 0.573 e. The van der Waals surface area contributed by atoms with Crippen molar-refractivity contribution in [2.45, 2.75) is 19.2 Å². The third-order valence-electron chi connectivity index (χ3n) is 2.44. The van der Waals surface area contributed by atoms with Gasteiger partial charge in [0.1, 0.15) is 5.75 Å². The second-order valence-corrected chi connectivity index (χ2v) is 3.69.